The summed E-state index contributed by atoms with van der Waals surface area (Å²) in [7, 11) is 5.09. The molecule has 28 heavy (non-hydrogen) atoms. The molecule has 0 radical (unpaired) electrons. The number of methoxy groups -OCH3 is 1. The number of anilines is 1. The van der Waals surface area contributed by atoms with Gasteiger partial charge in [0.25, 0.3) is 5.91 Å². The average molecular weight is 448 g/mol. The first-order chi connectivity index (χ1) is 13.3. The van der Waals surface area contributed by atoms with E-state index < -0.39 is 17.9 Å². The maximum absolute atomic E-state index is 12.6. The second kappa shape index (κ2) is 7.89. The number of hydrogen-bond donors (Lipinski definition) is 1. The topological polar surface area (TPSA) is 92.1 Å². The fourth-order valence-corrected chi connectivity index (χ4v) is 3.44. The van der Waals surface area contributed by atoms with Crippen LogP contribution in [0.15, 0.2) is 44.9 Å². The van der Waals surface area contributed by atoms with Crippen molar-refractivity contribution in [2.45, 2.75) is 6.54 Å². The molecule has 1 aromatic carbocycles. The van der Waals surface area contributed by atoms with Crippen molar-refractivity contribution in [2.75, 3.05) is 26.1 Å². The Kier molecular flexibility index (Phi) is 5.55. The van der Waals surface area contributed by atoms with Gasteiger partial charge in [-0.3, -0.25) is 9.69 Å². The lowest BCUT2D eigenvalue weighted by atomic mass is 10.1. The number of carbonyl (C=O) groups excluding carboxylic acids is 3. The van der Waals surface area contributed by atoms with Crippen LogP contribution in [0, 0.1) is 0 Å². The van der Waals surface area contributed by atoms with Gasteiger partial charge in [-0.15, -0.1) is 0 Å². The first-order valence-corrected chi connectivity index (χ1v) is 9.08. The highest BCUT2D eigenvalue weighted by atomic mass is 79.9. The molecule has 3 rings (SSSR count). The smallest absolute Gasteiger partial charge is 0.373 e. The molecule has 2 heterocycles. The largest absolute Gasteiger partial charge is 0.463 e. The number of hydrogen-bond acceptors (Lipinski definition) is 6. The molecule has 0 saturated carbocycles. The molecule has 0 bridgehead atoms. The molecular weight excluding hydrogens is 430 g/mol. The Morgan fingerprint density at radius 3 is 2.68 bits per heavy atom. The lowest BCUT2D eigenvalue weighted by Crippen LogP contribution is -2.30. The molecular formula is C19H18BrN3O5. The number of imide groups is 1. The minimum atomic E-state index is -0.629. The van der Waals surface area contributed by atoms with Gasteiger partial charge in [-0.1, -0.05) is 6.07 Å². The summed E-state index contributed by atoms with van der Waals surface area (Å²) in [6, 6.07) is 8.01. The molecule has 1 aliphatic heterocycles. The second-order valence-corrected chi connectivity index (χ2v) is 7.10. The molecule has 146 valence electrons. The number of urea groups is 1. The number of benzene rings is 1. The van der Waals surface area contributed by atoms with Gasteiger partial charge in [0.1, 0.15) is 11.5 Å². The summed E-state index contributed by atoms with van der Waals surface area (Å²) in [5.74, 6) is -0.806. The third-order valence-corrected chi connectivity index (χ3v) is 4.72. The highest BCUT2D eigenvalue weighted by Crippen LogP contribution is 2.27. The standard InChI is InChI=1S/C19H18BrN3O5/c1-22(2)15-6-4-11(8-13(15)20)9-14-17(24)23(19(26)21-14)10-12-5-7-16(28-12)18(25)27-3/h4-9H,10H2,1-3H3,(H,21,26)/b14-9-. The summed E-state index contributed by atoms with van der Waals surface area (Å²) in [5, 5.41) is 2.56. The van der Waals surface area contributed by atoms with E-state index in [2.05, 4.69) is 26.0 Å². The normalized spacial score (nSPS) is 15.1. The Morgan fingerprint density at radius 2 is 2.04 bits per heavy atom. The van der Waals surface area contributed by atoms with Crippen LogP contribution in [0.3, 0.4) is 0 Å². The van der Waals surface area contributed by atoms with Gasteiger partial charge < -0.3 is 19.4 Å². The van der Waals surface area contributed by atoms with Crippen molar-refractivity contribution in [3.8, 4) is 0 Å². The average Bonchev–Trinajstić information content (AvgIpc) is 3.21. The summed E-state index contributed by atoms with van der Waals surface area (Å²) in [6.07, 6.45) is 1.60. The van der Waals surface area contributed by atoms with Crippen LogP contribution < -0.4 is 10.2 Å². The molecule has 1 N–H and O–H groups in total. The van der Waals surface area contributed by atoms with Crippen molar-refractivity contribution in [1.82, 2.24) is 10.2 Å². The minimum absolute atomic E-state index is 0.00570. The monoisotopic (exact) mass is 447 g/mol. The second-order valence-electron chi connectivity index (χ2n) is 6.24. The van der Waals surface area contributed by atoms with Gasteiger partial charge in [0, 0.05) is 18.6 Å². The molecule has 0 aliphatic carbocycles. The van der Waals surface area contributed by atoms with Gasteiger partial charge in [0.2, 0.25) is 5.76 Å². The lowest BCUT2D eigenvalue weighted by Gasteiger charge is -2.14. The van der Waals surface area contributed by atoms with Gasteiger partial charge in [-0.05, 0) is 51.8 Å². The first kappa shape index (κ1) is 19.7. The van der Waals surface area contributed by atoms with E-state index in [0.717, 1.165) is 20.6 Å². The quantitative estimate of drug-likeness (QED) is 0.430. The Labute approximate surface area is 169 Å². The molecule has 1 aromatic heterocycles. The number of carbonyl (C=O) groups is 3. The van der Waals surface area contributed by atoms with Crippen LogP contribution in [-0.2, 0) is 16.1 Å². The van der Waals surface area contributed by atoms with Crippen LogP contribution in [0.5, 0.6) is 0 Å². The summed E-state index contributed by atoms with van der Waals surface area (Å²) in [4.78, 5) is 39.2. The number of esters is 1. The third kappa shape index (κ3) is 3.94. The molecule has 1 fully saturated rings. The highest BCUT2D eigenvalue weighted by molar-refractivity contribution is 9.10. The zero-order valence-corrected chi connectivity index (χ0v) is 17.1. The predicted molar refractivity (Wildman–Crippen MR) is 106 cm³/mol. The molecule has 1 saturated heterocycles. The zero-order chi connectivity index (χ0) is 20.4. The predicted octanol–water partition coefficient (Wildman–Crippen LogP) is 2.99. The molecule has 0 unspecified atom stereocenters. The summed E-state index contributed by atoms with van der Waals surface area (Å²) >= 11 is 3.50. The van der Waals surface area contributed by atoms with E-state index in [9.17, 15) is 14.4 Å². The van der Waals surface area contributed by atoms with Gasteiger partial charge >= 0.3 is 12.0 Å². The van der Waals surface area contributed by atoms with Crippen LogP contribution in [-0.4, -0.2) is 44.0 Å². The van der Waals surface area contributed by atoms with Gasteiger partial charge in [-0.2, -0.15) is 0 Å². The van der Waals surface area contributed by atoms with E-state index >= 15 is 0 Å². The SMILES string of the molecule is COC(=O)c1ccc(CN2C(=O)N/C(=C\c3ccc(N(C)C)c(Br)c3)C2=O)o1. The molecule has 8 nitrogen and oxygen atoms in total. The lowest BCUT2D eigenvalue weighted by molar-refractivity contribution is -0.123. The first-order valence-electron chi connectivity index (χ1n) is 8.28. The van der Waals surface area contributed by atoms with Crippen LogP contribution in [0.4, 0.5) is 10.5 Å². The van der Waals surface area contributed by atoms with Crippen molar-refractivity contribution < 1.29 is 23.5 Å². The van der Waals surface area contributed by atoms with E-state index in [0.29, 0.717) is 5.76 Å². The van der Waals surface area contributed by atoms with Gasteiger partial charge in [-0.25, -0.2) is 9.59 Å². The van der Waals surface area contributed by atoms with E-state index in [1.807, 2.05) is 37.2 Å². The van der Waals surface area contributed by atoms with Crippen molar-refractivity contribution >= 4 is 45.6 Å². The number of furan rings is 1. The zero-order valence-electron chi connectivity index (χ0n) is 15.5. The number of nitrogens with one attached hydrogen (secondary N) is 1. The third-order valence-electron chi connectivity index (χ3n) is 4.09. The Hall–Kier alpha value is -3.07. The Bertz CT molecular complexity index is 980. The van der Waals surface area contributed by atoms with Gasteiger partial charge in [0.05, 0.1) is 19.3 Å². The minimum Gasteiger partial charge on any atom is -0.463 e. The number of nitrogens with zero attached hydrogens (tertiary/aromatic N) is 2. The van der Waals surface area contributed by atoms with E-state index in [-0.39, 0.29) is 18.0 Å². The van der Waals surface area contributed by atoms with Crippen molar-refractivity contribution in [3.63, 3.8) is 0 Å². The maximum atomic E-state index is 12.6. The summed E-state index contributed by atoms with van der Waals surface area (Å²) < 4.78 is 10.8. The van der Waals surface area contributed by atoms with Crippen molar-refractivity contribution in [1.29, 1.82) is 0 Å². The number of amides is 3. The van der Waals surface area contributed by atoms with E-state index in [1.165, 1.54) is 19.2 Å². The summed E-state index contributed by atoms with van der Waals surface area (Å²) in [6.45, 7) is -0.0950. The van der Waals surface area contributed by atoms with Crippen LogP contribution in [0.25, 0.3) is 6.08 Å². The molecule has 3 amide bonds. The van der Waals surface area contributed by atoms with Gasteiger partial charge in [0.15, 0.2) is 0 Å². The Balaban J connectivity index is 1.78. The van der Waals surface area contributed by atoms with Crippen molar-refractivity contribution in [3.05, 3.63) is 57.6 Å². The number of ether oxygens (including phenoxy) is 1. The maximum Gasteiger partial charge on any atom is 0.373 e. The molecule has 9 heteroatoms. The Morgan fingerprint density at radius 1 is 1.29 bits per heavy atom. The summed E-state index contributed by atoms with van der Waals surface area (Å²) in [5.41, 5.74) is 1.91. The molecule has 0 atom stereocenters. The van der Waals surface area contributed by atoms with Crippen LogP contribution in [0.2, 0.25) is 0 Å². The fourth-order valence-electron chi connectivity index (χ4n) is 2.69. The molecule has 2 aromatic rings. The van der Waals surface area contributed by atoms with Crippen molar-refractivity contribution in [2.24, 2.45) is 0 Å². The fraction of sp³-hybridized carbons (Fsp3) is 0.211. The van der Waals surface area contributed by atoms with Crippen LogP contribution in [0.1, 0.15) is 21.9 Å². The van der Waals surface area contributed by atoms with Crippen LogP contribution >= 0.6 is 15.9 Å². The highest BCUT2D eigenvalue weighted by Gasteiger charge is 2.34. The number of rotatable bonds is 5. The van der Waals surface area contributed by atoms with E-state index in [4.69, 9.17) is 4.42 Å². The molecule has 1 aliphatic rings. The molecule has 0 spiro atoms. The van der Waals surface area contributed by atoms with E-state index in [1.54, 1.807) is 6.08 Å². The number of halogens is 1.